The zero-order valence-electron chi connectivity index (χ0n) is 14.7. The Kier molecular flexibility index (Phi) is 4.21. The van der Waals surface area contributed by atoms with Crippen LogP contribution in [0.5, 0.6) is 0 Å². The Labute approximate surface area is 152 Å². The molecule has 0 unspecified atom stereocenters. The number of nitrogens with one attached hydrogen (secondary N) is 2. The molecule has 5 heteroatoms. The van der Waals surface area contributed by atoms with Gasteiger partial charge in [0.1, 0.15) is 0 Å². The summed E-state index contributed by atoms with van der Waals surface area (Å²) in [6.07, 6.45) is 0.795. The molecular formula is C21H21N3O2. The number of hydrogen-bond acceptors (Lipinski definition) is 2. The molecule has 0 bridgehead atoms. The van der Waals surface area contributed by atoms with E-state index in [1.807, 2.05) is 54.3 Å². The van der Waals surface area contributed by atoms with Gasteiger partial charge in [0.25, 0.3) is 5.91 Å². The molecule has 2 aromatic rings. The number of urea groups is 1. The summed E-state index contributed by atoms with van der Waals surface area (Å²) < 4.78 is 0. The summed E-state index contributed by atoms with van der Waals surface area (Å²) in [5, 5.41) is 5.74. The number of benzene rings is 2. The zero-order chi connectivity index (χ0) is 18.1. The van der Waals surface area contributed by atoms with Crippen molar-refractivity contribution in [2.75, 3.05) is 13.1 Å². The summed E-state index contributed by atoms with van der Waals surface area (Å²) in [4.78, 5) is 27.0. The molecule has 0 spiro atoms. The lowest BCUT2D eigenvalue weighted by Gasteiger charge is -2.26. The van der Waals surface area contributed by atoms with Gasteiger partial charge >= 0.3 is 6.03 Å². The van der Waals surface area contributed by atoms with Crippen LogP contribution < -0.4 is 10.6 Å². The quantitative estimate of drug-likeness (QED) is 0.893. The fourth-order valence-electron chi connectivity index (χ4n) is 3.66. The van der Waals surface area contributed by atoms with Gasteiger partial charge in [0.2, 0.25) is 0 Å². The van der Waals surface area contributed by atoms with Crippen LogP contribution in [-0.4, -0.2) is 29.9 Å². The number of aryl methyl sites for hydroxylation is 1. The van der Waals surface area contributed by atoms with Crippen LogP contribution in [0.3, 0.4) is 0 Å². The van der Waals surface area contributed by atoms with E-state index in [4.69, 9.17) is 0 Å². The second-order valence-corrected chi connectivity index (χ2v) is 6.74. The molecule has 3 amide bonds. The molecule has 2 aliphatic heterocycles. The Balaban J connectivity index is 1.57. The number of carbonyl (C=O) groups is 2. The average molecular weight is 347 g/mol. The van der Waals surface area contributed by atoms with Crippen molar-refractivity contribution in [2.45, 2.75) is 19.4 Å². The minimum atomic E-state index is -0.394. The highest BCUT2D eigenvalue weighted by Crippen LogP contribution is 2.33. The van der Waals surface area contributed by atoms with Gasteiger partial charge in [0, 0.05) is 6.54 Å². The number of amides is 3. The molecule has 132 valence electrons. The third-order valence-corrected chi connectivity index (χ3v) is 5.03. The first-order valence-electron chi connectivity index (χ1n) is 8.83. The maximum Gasteiger partial charge on any atom is 0.319 e. The highest BCUT2D eigenvalue weighted by molar-refractivity contribution is 6.01. The molecule has 2 aromatic carbocycles. The molecule has 2 N–H and O–H groups in total. The molecule has 26 heavy (non-hydrogen) atoms. The van der Waals surface area contributed by atoms with E-state index in [0.717, 1.165) is 23.2 Å². The smallest absolute Gasteiger partial charge is 0.319 e. The molecule has 1 atom stereocenters. The first-order chi connectivity index (χ1) is 12.6. The van der Waals surface area contributed by atoms with E-state index in [2.05, 4.69) is 22.8 Å². The van der Waals surface area contributed by atoms with Crippen molar-refractivity contribution < 1.29 is 9.59 Å². The lowest BCUT2D eigenvalue weighted by Crippen LogP contribution is -2.44. The van der Waals surface area contributed by atoms with Crippen LogP contribution in [0.15, 0.2) is 65.9 Å². The van der Waals surface area contributed by atoms with E-state index < -0.39 is 6.04 Å². The van der Waals surface area contributed by atoms with E-state index >= 15 is 0 Å². The van der Waals surface area contributed by atoms with Gasteiger partial charge in [-0.25, -0.2) is 4.79 Å². The van der Waals surface area contributed by atoms with E-state index in [1.165, 1.54) is 5.56 Å². The van der Waals surface area contributed by atoms with E-state index in [9.17, 15) is 9.59 Å². The third-order valence-electron chi connectivity index (χ3n) is 5.03. The second-order valence-electron chi connectivity index (χ2n) is 6.74. The van der Waals surface area contributed by atoms with Crippen molar-refractivity contribution in [3.05, 3.63) is 82.6 Å². The largest absolute Gasteiger partial charge is 0.333 e. The molecule has 5 nitrogen and oxygen atoms in total. The fraction of sp³-hybridized carbons (Fsp3) is 0.238. The summed E-state index contributed by atoms with van der Waals surface area (Å²) in [5.41, 5.74) is 4.60. The first-order valence-corrected chi connectivity index (χ1v) is 8.83. The average Bonchev–Trinajstić information content (AvgIpc) is 2.96. The van der Waals surface area contributed by atoms with Gasteiger partial charge in [0.05, 0.1) is 23.9 Å². The van der Waals surface area contributed by atoms with Crippen LogP contribution >= 0.6 is 0 Å². The summed E-state index contributed by atoms with van der Waals surface area (Å²) in [6.45, 7) is 3.08. The van der Waals surface area contributed by atoms with Crippen molar-refractivity contribution in [1.29, 1.82) is 0 Å². The number of carbonyl (C=O) groups excluding carboxylic acids is 2. The minimum absolute atomic E-state index is 0.00307. The molecule has 4 rings (SSSR count). The van der Waals surface area contributed by atoms with Crippen molar-refractivity contribution in [3.63, 3.8) is 0 Å². The normalized spacial score (nSPS) is 19.3. The molecule has 2 heterocycles. The molecule has 2 aliphatic rings. The van der Waals surface area contributed by atoms with Crippen LogP contribution in [0.1, 0.15) is 22.7 Å². The molecule has 0 radical (unpaired) electrons. The molecule has 0 aliphatic carbocycles. The van der Waals surface area contributed by atoms with E-state index in [1.54, 1.807) is 0 Å². The van der Waals surface area contributed by atoms with Gasteiger partial charge in [-0.05, 0) is 30.0 Å². The maximum atomic E-state index is 13.0. The predicted octanol–water partition coefficient (Wildman–Crippen LogP) is 2.69. The van der Waals surface area contributed by atoms with Gasteiger partial charge in [-0.3, -0.25) is 4.79 Å². The lowest BCUT2D eigenvalue weighted by molar-refractivity contribution is -0.125. The van der Waals surface area contributed by atoms with Crippen LogP contribution in [0.25, 0.3) is 0 Å². The van der Waals surface area contributed by atoms with Gasteiger partial charge in [-0.15, -0.1) is 0 Å². The summed E-state index contributed by atoms with van der Waals surface area (Å²) >= 11 is 0. The molecule has 0 saturated carbocycles. The van der Waals surface area contributed by atoms with Crippen LogP contribution in [0, 0.1) is 6.92 Å². The van der Waals surface area contributed by atoms with E-state index in [-0.39, 0.29) is 11.9 Å². The number of hydrogen-bond donors (Lipinski definition) is 2. The molecular weight excluding hydrogens is 326 g/mol. The van der Waals surface area contributed by atoms with Crippen molar-refractivity contribution in [1.82, 2.24) is 15.5 Å². The van der Waals surface area contributed by atoms with Gasteiger partial charge < -0.3 is 15.5 Å². The SMILES string of the molecule is Cc1ccccc1[C@@H]1NC(=O)NC2=C1C(=O)N(CCc1ccccc1)C2. The van der Waals surface area contributed by atoms with Crippen LogP contribution in [-0.2, 0) is 11.2 Å². The summed E-state index contributed by atoms with van der Waals surface area (Å²) in [6, 6.07) is 17.3. The Bertz CT molecular complexity index is 889. The zero-order valence-corrected chi connectivity index (χ0v) is 14.7. The van der Waals surface area contributed by atoms with Crippen molar-refractivity contribution >= 4 is 11.9 Å². The predicted molar refractivity (Wildman–Crippen MR) is 99.3 cm³/mol. The number of nitrogens with zero attached hydrogens (tertiary/aromatic N) is 1. The fourth-order valence-corrected chi connectivity index (χ4v) is 3.66. The number of rotatable bonds is 4. The first kappa shape index (κ1) is 16.4. The Morgan fingerprint density at radius 1 is 1.04 bits per heavy atom. The van der Waals surface area contributed by atoms with Gasteiger partial charge in [0.15, 0.2) is 0 Å². The lowest BCUT2D eigenvalue weighted by atomic mass is 9.93. The Hall–Kier alpha value is -3.08. The van der Waals surface area contributed by atoms with Crippen LogP contribution in [0.4, 0.5) is 4.79 Å². The van der Waals surface area contributed by atoms with Crippen LogP contribution in [0.2, 0.25) is 0 Å². The summed E-state index contributed by atoms with van der Waals surface area (Å²) in [7, 11) is 0. The molecule has 0 fully saturated rings. The molecule has 0 saturated heterocycles. The van der Waals surface area contributed by atoms with Gasteiger partial charge in [-0.1, -0.05) is 54.6 Å². The van der Waals surface area contributed by atoms with Crippen molar-refractivity contribution in [3.8, 4) is 0 Å². The highest BCUT2D eigenvalue weighted by atomic mass is 16.2. The minimum Gasteiger partial charge on any atom is -0.333 e. The summed E-state index contributed by atoms with van der Waals surface area (Å²) in [5.74, 6) is -0.00307. The van der Waals surface area contributed by atoms with Gasteiger partial charge in [-0.2, -0.15) is 0 Å². The standard InChI is InChI=1S/C21H21N3O2/c1-14-7-5-6-10-16(14)19-18-17(22-21(26)23-19)13-24(20(18)25)12-11-15-8-3-2-4-9-15/h2-10,19H,11-13H2,1H3,(H2,22,23,26)/t19-/m0/s1. The Morgan fingerprint density at radius 3 is 2.54 bits per heavy atom. The second kappa shape index (κ2) is 6.67. The maximum absolute atomic E-state index is 13.0. The Morgan fingerprint density at radius 2 is 1.77 bits per heavy atom. The van der Waals surface area contributed by atoms with Crippen molar-refractivity contribution in [2.24, 2.45) is 0 Å². The highest BCUT2D eigenvalue weighted by Gasteiger charge is 2.40. The monoisotopic (exact) mass is 347 g/mol. The van der Waals surface area contributed by atoms with E-state index in [0.29, 0.717) is 18.7 Å². The molecule has 0 aromatic heterocycles. The topological polar surface area (TPSA) is 61.4 Å². The third kappa shape index (κ3) is 2.96.